The van der Waals surface area contributed by atoms with Gasteiger partial charge in [-0.25, -0.2) is 8.78 Å². The Hall–Kier alpha value is -4.53. The maximum atomic E-state index is 14.9. The van der Waals surface area contributed by atoms with E-state index in [-0.39, 0.29) is 29.3 Å². The second kappa shape index (κ2) is 10.6. The molecular weight excluding hydrogens is 480 g/mol. The summed E-state index contributed by atoms with van der Waals surface area (Å²) in [6.45, 7) is 1.96. The number of halogens is 2. The van der Waals surface area contributed by atoms with Crippen LogP contribution in [0.5, 0.6) is 5.75 Å². The van der Waals surface area contributed by atoms with E-state index in [9.17, 15) is 23.2 Å². The fraction of sp³-hybridized carbons (Fsp3) is 0.179. The first-order valence-electron chi connectivity index (χ1n) is 11.6. The van der Waals surface area contributed by atoms with E-state index < -0.39 is 29.7 Å². The van der Waals surface area contributed by atoms with Crippen molar-refractivity contribution in [1.29, 1.82) is 0 Å². The molecule has 0 saturated heterocycles. The number of fused-ring (bicyclic) bond motifs is 1. The van der Waals surface area contributed by atoms with Crippen LogP contribution in [0.25, 0.3) is 5.57 Å². The molecule has 4 rings (SSSR count). The molecule has 0 unspecified atom stereocenters. The SMILES string of the molecule is CCOc1ccccc1C(=O)Nc1ccc(C(=O)N2CCC(F)(F)/C(=C\C(N)=O)c3ccccc32)cc1. The minimum Gasteiger partial charge on any atom is -0.493 e. The lowest BCUT2D eigenvalue weighted by Gasteiger charge is -2.23. The van der Waals surface area contributed by atoms with Crippen LogP contribution in [-0.4, -0.2) is 36.8 Å². The Kier molecular flexibility index (Phi) is 7.33. The van der Waals surface area contributed by atoms with E-state index in [1.54, 1.807) is 54.6 Å². The molecule has 0 spiro atoms. The van der Waals surface area contributed by atoms with Crippen molar-refractivity contribution in [1.82, 2.24) is 0 Å². The maximum Gasteiger partial charge on any atom is 0.275 e. The van der Waals surface area contributed by atoms with Gasteiger partial charge in [0.1, 0.15) is 5.75 Å². The van der Waals surface area contributed by atoms with Gasteiger partial charge in [-0.15, -0.1) is 0 Å². The molecule has 0 aliphatic carbocycles. The molecule has 0 radical (unpaired) electrons. The summed E-state index contributed by atoms with van der Waals surface area (Å²) in [5.41, 5.74) is 6.04. The summed E-state index contributed by atoms with van der Waals surface area (Å²) in [4.78, 5) is 38.9. The zero-order chi connectivity index (χ0) is 26.6. The highest BCUT2D eigenvalue weighted by atomic mass is 19.3. The molecule has 0 saturated carbocycles. The van der Waals surface area contributed by atoms with Crippen molar-refractivity contribution in [2.45, 2.75) is 19.3 Å². The van der Waals surface area contributed by atoms with Gasteiger partial charge in [0, 0.05) is 41.4 Å². The van der Waals surface area contributed by atoms with Crippen LogP contribution in [0.2, 0.25) is 0 Å². The molecule has 3 aromatic carbocycles. The molecule has 7 nitrogen and oxygen atoms in total. The van der Waals surface area contributed by atoms with E-state index in [1.165, 1.54) is 23.1 Å². The summed E-state index contributed by atoms with van der Waals surface area (Å²) in [5.74, 6) is -4.77. The van der Waals surface area contributed by atoms with Crippen LogP contribution in [0.4, 0.5) is 20.2 Å². The number of rotatable bonds is 6. The normalized spacial score (nSPS) is 15.4. The van der Waals surface area contributed by atoms with Crippen LogP contribution < -0.4 is 20.7 Å². The van der Waals surface area contributed by atoms with Gasteiger partial charge in [-0.2, -0.15) is 0 Å². The van der Waals surface area contributed by atoms with Crippen LogP contribution >= 0.6 is 0 Å². The first-order valence-corrected chi connectivity index (χ1v) is 11.6. The zero-order valence-electron chi connectivity index (χ0n) is 20.0. The number of ether oxygens (including phenoxy) is 1. The number of para-hydroxylation sites is 2. The second-order valence-corrected chi connectivity index (χ2v) is 8.35. The van der Waals surface area contributed by atoms with Gasteiger partial charge < -0.3 is 20.7 Å². The van der Waals surface area contributed by atoms with Crippen molar-refractivity contribution in [2.24, 2.45) is 5.73 Å². The minimum absolute atomic E-state index is 0.0639. The predicted octanol–water partition coefficient (Wildman–Crippen LogP) is 4.89. The Balaban J connectivity index is 1.59. The number of anilines is 2. The smallest absolute Gasteiger partial charge is 0.275 e. The second-order valence-electron chi connectivity index (χ2n) is 8.35. The van der Waals surface area contributed by atoms with Crippen molar-refractivity contribution < 1.29 is 27.9 Å². The van der Waals surface area contributed by atoms with E-state index in [0.717, 1.165) is 0 Å². The summed E-state index contributed by atoms with van der Waals surface area (Å²) in [5, 5.41) is 2.77. The van der Waals surface area contributed by atoms with Crippen molar-refractivity contribution in [3.8, 4) is 5.75 Å². The third-order valence-electron chi connectivity index (χ3n) is 5.88. The summed E-state index contributed by atoms with van der Waals surface area (Å²) in [6, 6.07) is 19.2. The highest BCUT2D eigenvalue weighted by Crippen LogP contribution is 2.43. The fourth-order valence-electron chi connectivity index (χ4n) is 4.16. The molecular formula is C28H25F2N3O4. The van der Waals surface area contributed by atoms with E-state index in [4.69, 9.17) is 10.5 Å². The first kappa shape index (κ1) is 25.6. The number of benzene rings is 3. The topological polar surface area (TPSA) is 102 Å². The number of carbonyl (C=O) groups is 3. The van der Waals surface area contributed by atoms with Gasteiger partial charge in [-0.05, 0) is 49.4 Å². The number of alkyl halides is 2. The van der Waals surface area contributed by atoms with Crippen molar-refractivity contribution in [2.75, 3.05) is 23.4 Å². The molecule has 0 fully saturated rings. The van der Waals surface area contributed by atoms with E-state index in [2.05, 4.69) is 5.32 Å². The van der Waals surface area contributed by atoms with Crippen LogP contribution in [0.1, 0.15) is 39.6 Å². The van der Waals surface area contributed by atoms with E-state index >= 15 is 0 Å². The Labute approximate surface area is 212 Å². The standard InChI is InChI=1S/C28H25F2N3O4/c1-2-37-24-10-6-4-8-21(24)26(35)32-19-13-11-18(12-14-19)27(36)33-16-15-28(29,30)22(17-25(31)34)20-7-3-5-9-23(20)33/h3-14,17H,2,15-16H2,1H3,(H2,31,34)(H,32,35)/b22-17-. The molecule has 1 aliphatic heterocycles. The fourth-order valence-corrected chi connectivity index (χ4v) is 4.16. The lowest BCUT2D eigenvalue weighted by atomic mass is 9.97. The average Bonchev–Trinajstić information content (AvgIpc) is 2.98. The molecule has 0 bridgehead atoms. The Morgan fingerprint density at radius 2 is 1.70 bits per heavy atom. The number of primary amides is 1. The monoisotopic (exact) mass is 505 g/mol. The summed E-state index contributed by atoms with van der Waals surface area (Å²) < 4.78 is 35.4. The summed E-state index contributed by atoms with van der Waals surface area (Å²) in [6.07, 6.45) is 0.0356. The van der Waals surface area contributed by atoms with Gasteiger partial charge in [0.25, 0.3) is 17.7 Å². The number of nitrogens with two attached hydrogens (primary N) is 1. The Morgan fingerprint density at radius 3 is 2.41 bits per heavy atom. The third-order valence-corrected chi connectivity index (χ3v) is 5.88. The Bertz CT molecular complexity index is 1370. The van der Waals surface area contributed by atoms with Crippen LogP contribution in [0.15, 0.2) is 78.9 Å². The highest BCUT2D eigenvalue weighted by molar-refractivity contribution is 6.10. The van der Waals surface area contributed by atoms with Crippen LogP contribution in [0.3, 0.4) is 0 Å². The van der Waals surface area contributed by atoms with Gasteiger partial charge in [-0.1, -0.05) is 30.3 Å². The number of amides is 3. The van der Waals surface area contributed by atoms with Gasteiger partial charge in [0.15, 0.2) is 0 Å². The largest absolute Gasteiger partial charge is 0.493 e. The van der Waals surface area contributed by atoms with Crippen LogP contribution in [0, 0.1) is 0 Å². The summed E-state index contributed by atoms with van der Waals surface area (Å²) in [7, 11) is 0. The van der Waals surface area contributed by atoms with Crippen molar-refractivity contribution in [3.63, 3.8) is 0 Å². The molecule has 37 heavy (non-hydrogen) atoms. The molecule has 0 aromatic heterocycles. The van der Waals surface area contributed by atoms with Gasteiger partial charge in [-0.3, -0.25) is 14.4 Å². The molecule has 9 heteroatoms. The predicted molar refractivity (Wildman–Crippen MR) is 137 cm³/mol. The maximum absolute atomic E-state index is 14.9. The van der Waals surface area contributed by atoms with Crippen LogP contribution in [-0.2, 0) is 4.79 Å². The molecule has 3 amide bonds. The van der Waals surface area contributed by atoms with Crippen molar-refractivity contribution in [3.05, 3.63) is 95.6 Å². The van der Waals surface area contributed by atoms with Gasteiger partial charge >= 0.3 is 0 Å². The molecule has 190 valence electrons. The lowest BCUT2D eigenvalue weighted by Crippen LogP contribution is -2.33. The zero-order valence-corrected chi connectivity index (χ0v) is 20.0. The van der Waals surface area contributed by atoms with Gasteiger partial charge in [0.2, 0.25) is 5.91 Å². The number of carbonyl (C=O) groups excluding carboxylic acids is 3. The summed E-state index contributed by atoms with van der Waals surface area (Å²) >= 11 is 0. The van der Waals surface area contributed by atoms with E-state index in [0.29, 0.717) is 29.7 Å². The molecule has 3 N–H and O–H groups in total. The molecule has 0 atom stereocenters. The van der Waals surface area contributed by atoms with Crippen molar-refractivity contribution >= 4 is 34.7 Å². The van der Waals surface area contributed by atoms with E-state index in [1.807, 2.05) is 6.92 Å². The minimum atomic E-state index is -3.36. The number of hydrogen-bond donors (Lipinski definition) is 2. The molecule has 1 aliphatic rings. The number of hydrogen-bond acceptors (Lipinski definition) is 4. The highest BCUT2D eigenvalue weighted by Gasteiger charge is 2.41. The quantitative estimate of drug-likeness (QED) is 0.466. The Morgan fingerprint density at radius 1 is 1.03 bits per heavy atom. The number of nitrogens with zero attached hydrogens (tertiary/aromatic N) is 1. The average molecular weight is 506 g/mol. The number of allylic oxidation sites excluding steroid dienone is 1. The first-order chi connectivity index (χ1) is 17.7. The molecule has 3 aromatic rings. The lowest BCUT2D eigenvalue weighted by molar-refractivity contribution is -0.113. The third kappa shape index (κ3) is 5.50. The molecule has 1 heterocycles. The number of nitrogens with one attached hydrogen (secondary N) is 1. The van der Waals surface area contributed by atoms with Gasteiger partial charge in [0.05, 0.1) is 17.9 Å².